The van der Waals surface area contributed by atoms with Crippen LogP contribution in [-0.2, 0) is 0 Å². The van der Waals surface area contributed by atoms with Crippen molar-refractivity contribution in [2.24, 2.45) is 0 Å². The summed E-state index contributed by atoms with van der Waals surface area (Å²) in [5.74, 6) is -0.233. The number of thiazole rings is 1. The third kappa shape index (κ3) is 1.68. The molecule has 1 aromatic carbocycles. The van der Waals surface area contributed by atoms with Gasteiger partial charge >= 0.3 is 0 Å². The van der Waals surface area contributed by atoms with Crippen molar-refractivity contribution in [1.82, 2.24) is 10.3 Å². The Morgan fingerprint density at radius 2 is 2.33 bits per heavy atom. The molecule has 3 rings (SSSR count). The summed E-state index contributed by atoms with van der Waals surface area (Å²) in [7, 11) is 0. The Labute approximate surface area is 89.9 Å². The van der Waals surface area contributed by atoms with E-state index in [2.05, 4.69) is 10.3 Å². The minimum atomic E-state index is -0.233. The van der Waals surface area contributed by atoms with Gasteiger partial charge in [0.1, 0.15) is 11.9 Å². The van der Waals surface area contributed by atoms with Crippen LogP contribution in [0.4, 0.5) is 4.39 Å². The van der Waals surface area contributed by atoms with Crippen LogP contribution in [0.1, 0.15) is 0 Å². The number of rotatable bonds is 2. The van der Waals surface area contributed by atoms with Gasteiger partial charge in [-0.25, -0.2) is 9.37 Å². The largest absolute Gasteiger partial charge is 0.464 e. The Hall–Kier alpha value is -1.20. The first kappa shape index (κ1) is 9.06. The van der Waals surface area contributed by atoms with Gasteiger partial charge in [-0.2, -0.15) is 0 Å². The van der Waals surface area contributed by atoms with E-state index in [0.29, 0.717) is 5.19 Å². The van der Waals surface area contributed by atoms with Crippen LogP contribution in [0.2, 0.25) is 0 Å². The fourth-order valence-corrected chi connectivity index (χ4v) is 2.32. The molecule has 0 unspecified atom stereocenters. The normalized spacial score (nSPS) is 16.6. The van der Waals surface area contributed by atoms with Crippen LogP contribution in [0.3, 0.4) is 0 Å². The molecule has 1 N–H and O–H groups in total. The molecule has 78 valence electrons. The molecule has 1 aliphatic heterocycles. The van der Waals surface area contributed by atoms with Gasteiger partial charge in [-0.3, -0.25) is 0 Å². The van der Waals surface area contributed by atoms with Crippen LogP contribution in [0.15, 0.2) is 18.2 Å². The van der Waals surface area contributed by atoms with Crippen LogP contribution in [-0.4, -0.2) is 24.2 Å². The average molecular weight is 224 g/mol. The lowest BCUT2D eigenvalue weighted by Crippen LogP contribution is -2.50. The van der Waals surface area contributed by atoms with Gasteiger partial charge in [0.25, 0.3) is 5.19 Å². The molecule has 2 aromatic rings. The van der Waals surface area contributed by atoms with Crippen molar-refractivity contribution >= 4 is 21.6 Å². The fraction of sp³-hybridized carbons (Fsp3) is 0.300. The number of aromatic nitrogens is 1. The number of nitrogens with one attached hydrogen (secondary N) is 1. The van der Waals surface area contributed by atoms with E-state index in [0.717, 1.165) is 23.3 Å². The molecule has 0 radical (unpaired) electrons. The molecule has 1 aromatic heterocycles. The van der Waals surface area contributed by atoms with Crippen LogP contribution < -0.4 is 10.1 Å². The molecule has 1 saturated heterocycles. The molecular weight excluding hydrogens is 215 g/mol. The average Bonchev–Trinajstić information content (AvgIpc) is 2.53. The Kier molecular flexibility index (Phi) is 2.07. The molecular formula is C10H9FN2OS. The van der Waals surface area contributed by atoms with Gasteiger partial charge < -0.3 is 10.1 Å². The molecule has 0 bridgehead atoms. The van der Waals surface area contributed by atoms with E-state index in [1.54, 1.807) is 6.07 Å². The quantitative estimate of drug-likeness (QED) is 0.844. The number of ether oxygens (including phenoxy) is 1. The Balaban J connectivity index is 1.91. The number of halogens is 1. The molecule has 0 spiro atoms. The highest BCUT2D eigenvalue weighted by molar-refractivity contribution is 7.20. The third-order valence-corrected chi connectivity index (χ3v) is 3.25. The van der Waals surface area contributed by atoms with Gasteiger partial charge in [0.05, 0.1) is 10.2 Å². The first-order valence-electron chi connectivity index (χ1n) is 4.75. The number of fused-ring (bicyclic) bond motifs is 1. The highest BCUT2D eigenvalue weighted by Crippen LogP contribution is 2.29. The molecule has 3 nitrogen and oxygen atoms in total. The van der Waals surface area contributed by atoms with Crippen molar-refractivity contribution in [3.05, 3.63) is 24.0 Å². The summed E-state index contributed by atoms with van der Waals surface area (Å²) in [6.45, 7) is 1.73. The lowest BCUT2D eigenvalue weighted by atomic mass is 10.2. The van der Waals surface area contributed by atoms with Crippen molar-refractivity contribution in [1.29, 1.82) is 0 Å². The molecule has 1 aliphatic rings. The lowest BCUT2D eigenvalue weighted by Gasteiger charge is -2.26. The van der Waals surface area contributed by atoms with Crippen molar-refractivity contribution in [3.63, 3.8) is 0 Å². The maximum Gasteiger partial charge on any atom is 0.274 e. The number of hydrogen-bond acceptors (Lipinski definition) is 4. The van der Waals surface area contributed by atoms with Gasteiger partial charge in [0.2, 0.25) is 0 Å². The summed E-state index contributed by atoms with van der Waals surface area (Å²) in [6, 6.07) is 4.57. The molecule has 2 heterocycles. The summed E-state index contributed by atoms with van der Waals surface area (Å²) < 4.78 is 19.3. The summed E-state index contributed by atoms with van der Waals surface area (Å²) in [4.78, 5) is 4.28. The standard InChI is InChI=1S/C10H9FN2OS/c11-6-1-2-8-9(3-6)15-10(13-8)14-7-4-12-5-7/h1-3,7,12H,4-5H2. The molecule has 15 heavy (non-hydrogen) atoms. The molecule has 1 fully saturated rings. The fourth-order valence-electron chi connectivity index (χ4n) is 1.42. The van der Waals surface area contributed by atoms with Crippen molar-refractivity contribution in [3.8, 4) is 5.19 Å². The van der Waals surface area contributed by atoms with Crippen molar-refractivity contribution in [2.75, 3.05) is 13.1 Å². The van der Waals surface area contributed by atoms with Crippen LogP contribution in [0, 0.1) is 5.82 Å². The zero-order valence-electron chi connectivity index (χ0n) is 7.87. The zero-order chi connectivity index (χ0) is 10.3. The Bertz CT molecular complexity index is 495. The second-order valence-electron chi connectivity index (χ2n) is 3.49. The molecule has 0 amide bonds. The van der Waals surface area contributed by atoms with Gasteiger partial charge in [0.15, 0.2) is 0 Å². The third-order valence-electron chi connectivity index (χ3n) is 2.34. The maximum absolute atomic E-state index is 12.9. The second-order valence-corrected chi connectivity index (χ2v) is 4.48. The van der Waals surface area contributed by atoms with E-state index >= 15 is 0 Å². The Morgan fingerprint density at radius 1 is 1.47 bits per heavy atom. The second kappa shape index (κ2) is 3.43. The van der Waals surface area contributed by atoms with Gasteiger partial charge in [-0.05, 0) is 18.2 Å². The topological polar surface area (TPSA) is 34.1 Å². The van der Waals surface area contributed by atoms with E-state index in [1.807, 2.05) is 0 Å². The highest BCUT2D eigenvalue weighted by atomic mass is 32.1. The Morgan fingerprint density at radius 3 is 3.07 bits per heavy atom. The number of benzene rings is 1. The maximum atomic E-state index is 12.9. The van der Waals surface area contributed by atoms with Crippen LogP contribution in [0.25, 0.3) is 10.2 Å². The van der Waals surface area contributed by atoms with E-state index in [9.17, 15) is 4.39 Å². The van der Waals surface area contributed by atoms with E-state index in [1.165, 1.54) is 23.5 Å². The molecule has 0 aliphatic carbocycles. The number of hydrogen-bond donors (Lipinski definition) is 1. The van der Waals surface area contributed by atoms with Gasteiger partial charge in [-0.15, -0.1) is 0 Å². The first-order chi connectivity index (χ1) is 7.31. The van der Waals surface area contributed by atoms with Crippen LogP contribution in [0.5, 0.6) is 5.19 Å². The SMILES string of the molecule is Fc1ccc2nc(OC3CNC3)sc2c1. The molecule has 0 atom stereocenters. The van der Waals surface area contributed by atoms with E-state index in [4.69, 9.17) is 4.74 Å². The first-order valence-corrected chi connectivity index (χ1v) is 5.56. The summed E-state index contributed by atoms with van der Waals surface area (Å²) in [5, 5.41) is 3.74. The molecule has 5 heteroatoms. The lowest BCUT2D eigenvalue weighted by molar-refractivity contribution is 0.142. The number of nitrogens with zero attached hydrogens (tertiary/aromatic N) is 1. The van der Waals surface area contributed by atoms with Crippen molar-refractivity contribution in [2.45, 2.75) is 6.10 Å². The van der Waals surface area contributed by atoms with Gasteiger partial charge in [0, 0.05) is 13.1 Å². The van der Waals surface area contributed by atoms with E-state index < -0.39 is 0 Å². The summed E-state index contributed by atoms with van der Waals surface area (Å²) in [6.07, 6.45) is 0.218. The van der Waals surface area contributed by atoms with Crippen molar-refractivity contribution < 1.29 is 9.13 Å². The predicted octanol–water partition coefficient (Wildman–Crippen LogP) is 1.79. The van der Waals surface area contributed by atoms with Gasteiger partial charge in [-0.1, -0.05) is 11.3 Å². The summed E-state index contributed by atoms with van der Waals surface area (Å²) >= 11 is 1.39. The van der Waals surface area contributed by atoms with Crippen LogP contribution >= 0.6 is 11.3 Å². The predicted molar refractivity (Wildman–Crippen MR) is 56.9 cm³/mol. The molecule has 0 saturated carbocycles. The van der Waals surface area contributed by atoms with E-state index in [-0.39, 0.29) is 11.9 Å². The monoisotopic (exact) mass is 224 g/mol. The zero-order valence-corrected chi connectivity index (χ0v) is 8.68. The summed E-state index contributed by atoms with van der Waals surface area (Å²) in [5.41, 5.74) is 0.795. The minimum absolute atomic E-state index is 0.218. The minimum Gasteiger partial charge on any atom is -0.464 e. The smallest absolute Gasteiger partial charge is 0.274 e. The highest BCUT2D eigenvalue weighted by Gasteiger charge is 2.19.